The van der Waals surface area contributed by atoms with E-state index in [0.29, 0.717) is 19.1 Å². The number of aryl methyl sites for hydroxylation is 1. The van der Waals surface area contributed by atoms with Gasteiger partial charge in [-0.2, -0.15) is 0 Å². The fourth-order valence-corrected chi connectivity index (χ4v) is 4.36. The summed E-state index contributed by atoms with van der Waals surface area (Å²) in [6.45, 7) is 10.1. The molecule has 4 rings (SSSR count). The van der Waals surface area contributed by atoms with Crippen LogP contribution in [0.1, 0.15) is 5.69 Å². The number of carbonyl (C=O) groups is 1. The number of aromatic nitrogens is 4. The summed E-state index contributed by atoms with van der Waals surface area (Å²) in [6.07, 6.45) is 2.39. The van der Waals surface area contributed by atoms with Gasteiger partial charge in [0.25, 0.3) is 0 Å². The van der Waals surface area contributed by atoms with Crippen molar-refractivity contribution in [3.8, 4) is 28.4 Å². The Balaban J connectivity index is 1.72. The van der Waals surface area contributed by atoms with Gasteiger partial charge in [0.15, 0.2) is 5.75 Å². The van der Waals surface area contributed by atoms with Crippen molar-refractivity contribution >= 4 is 25.1 Å². The highest BCUT2D eigenvalue weighted by atomic mass is 28.3. The van der Waals surface area contributed by atoms with Crippen LogP contribution in [-0.2, 0) is 11.5 Å². The standard InChI is InChI=1S/C25H29N5O3Si/c1-17-6-5-7-22(29-17)24-23(28-15-30(24)16-32-10-11-34(2,3)4)18-8-9-21-19(12-18)13-20(14-27-21)33-25(26)31/h5-9,12-15H,10-11,16H2,1-4H3,(H2,26,31). The molecule has 8 nitrogen and oxygen atoms in total. The molecule has 9 heteroatoms. The molecule has 3 heterocycles. The second-order valence-electron chi connectivity index (χ2n) is 9.42. The van der Waals surface area contributed by atoms with E-state index in [1.54, 1.807) is 12.4 Å². The second kappa shape index (κ2) is 9.74. The Morgan fingerprint density at radius 2 is 1.94 bits per heavy atom. The molecule has 0 unspecified atom stereocenters. The number of pyridine rings is 2. The van der Waals surface area contributed by atoms with E-state index in [9.17, 15) is 4.79 Å². The van der Waals surface area contributed by atoms with Crippen LogP contribution in [0.3, 0.4) is 0 Å². The number of hydrogen-bond acceptors (Lipinski definition) is 6. The molecule has 0 aliphatic heterocycles. The third-order valence-corrected chi connectivity index (χ3v) is 7.05. The molecule has 0 bridgehead atoms. The van der Waals surface area contributed by atoms with Crippen LogP contribution < -0.4 is 10.5 Å². The zero-order valence-corrected chi connectivity index (χ0v) is 20.9. The van der Waals surface area contributed by atoms with Crippen LogP contribution in [0.25, 0.3) is 33.5 Å². The molecule has 34 heavy (non-hydrogen) atoms. The number of benzene rings is 1. The zero-order valence-electron chi connectivity index (χ0n) is 19.9. The minimum atomic E-state index is -1.18. The fourth-order valence-electron chi connectivity index (χ4n) is 3.61. The Morgan fingerprint density at radius 1 is 1.12 bits per heavy atom. The Bertz CT molecular complexity index is 1330. The number of carbonyl (C=O) groups excluding carboxylic acids is 1. The Labute approximate surface area is 199 Å². The molecule has 0 radical (unpaired) electrons. The largest absolute Gasteiger partial charge is 0.410 e. The van der Waals surface area contributed by atoms with Gasteiger partial charge in [0.1, 0.15) is 6.73 Å². The average Bonchev–Trinajstić information content (AvgIpc) is 3.19. The fraction of sp³-hybridized carbons (Fsp3) is 0.280. The molecular weight excluding hydrogens is 446 g/mol. The SMILES string of the molecule is Cc1cccc(-c2c(-c3ccc4ncc(OC(N)=O)cc4c3)ncn2COCC[Si](C)(C)C)n1. The molecule has 3 aromatic heterocycles. The van der Waals surface area contributed by atoms with Gasteiger partial charge in [-0.15, -0.1) is 0 Å². The first kappa shape index (κ1) is 23.6. The number of hydrogen-bond donors (Lipinski definition) is 1. The Hall–Kier alpha value is -3.56. The molecule has 0 spiro atoms. The molecule has 0 saturated heterocycles. The van der Waals surface area contributed by atoms with Gasteiger partial charge in [-0.25, -0.2) is 9.78 Å². The van der Waals surface area contributed by atoms with E-state index in [4.69, 9.17) is 25.2 Å². The van der Waals surface area contributed by atoms with Crippen molar-refractivity contribution in [2.24, 2.45) is 5.73 Å². The van der Waals surface area contributed by atoms with E-state index in [1.165, 1.54) is 6.20 Å². The second-order valence-corrected chi connectivity index (χ2v) is 15.0. The number of nitrogens with two attached hydrogens (primary N) is 1. The molecule has 0 aliphatic rings. The lowest BCUT2D eigenvalue weighted by atomic mass is 10.0. The number of ether oxygens (including phenoxy) is 2. The smallest absolute Gasteiger partial charge is 0.409 e. The highest BCUT2D eigenvalue weighted by Crippen LogP contribution is 2.32. The van der Waals surface area contributed by atoms with Crippen molar-refractivity contribution in [2.75, 3.05) is 6.61 Å². The minimum Gasteiger partial charge on any atom is -0.409 e. The maximum Gasteiger partial charge on any atom is 0.410 e. The van der Waals surface area contributed by atoms with Crippen molar-refractivity contribution in [3.05, 3.63) is 60.7 Å². The molecule has 0 aliphatic carbocycles. The lowest BCUT2D eigenvalue weighted by Crippen LogP contribution is -2.22. The van der Waals surface area contributed by atoms with Crippen LogP contribution in [-0.4, -0.2) is 40.3 Å². The van der Waals surface area contributed by atoms with E-state index in [1.807, 2.05) is 47.9 Å². The van der Waals surface area contributed by atoms with Crippen LogP contribution in [0.5, 0.6) is 5.75 Å². The Morgan fingerprint density at radius 3 is 2.68 bits per heavy atom. The van der Waals surface area contributed by atoms with Gasteiger partial charge in [-0.3, -0.25) is 9.97 Å². The summed E-state index contributed by atoms with van der Waals surface area (Å²) in [5.74, 6) is 0.291. The van der Waals surface area contributed by atoms with Crippen LogP contribution in [0.15, 0.2) is 55.0 Å². The van der Waals surface area contributed by atoms with E-state index in [0.717, 1.165) is 45.3 Å². The first-order valence-electron chi connectivity index (χ1n) is 11.1. The number of imidazole rings is 1. The highest BCUT2D eigenvalue weighted by molar-refractivity contribution is 6.76. The first-order valence-corrected chi connectivity index (χ1v) is 14.8. The number of amides is 1. The third kappa shape index (κ3) is 5.67. The molecule has 4 aromatic rings. The number of rotatable bonds is 8. The quantitative estimate of drug-likeness (QED) is 0.276. The van der Waals surface area contributed by atoms with E-state index >= 15 is 0 Å². The summed E-state index contributed by atoms with van der Waals surface area (Å²) in [6, 6.07) is 14.6. The first-order chi connectivity index (χ1) is 16.2. The summed E-state index contributed by atoms with van der Waals surface area (Å²) in [5.41, 5.74) is 10.2. The van der Waals surface area contributed by atoms with Gasteiger partial charge in [0.05, 0.1) is 35.1 Å². The molecule has 0 atom stereocenters. The van der Waals surface area contributed by atoms with Crippen LogP contribution >= 0.6 is 0 Å². The topological polar surface area (TPSA) is 105 Å². The van der Waals surface area contributed by atoms with Crippen molar-refractivity contribution < 1.29 is 14.3 Å². The number of primary amides is 1. The predicted molar refractivity (Wildman–Crippen MR) is 135 cm³/mol. The zero-order chi connectivity index (χ0) is 24.3. The maximum absolute atomic E-state index is 11.1. The summed E-state index contributed by atoms with van der Waals surface area (Å²) >= 11 is 0. The molecular formula is C25H29N5O3Si. The molecule has 176 valence electrons. The predicted octanol–water partition coefficient (Wildman–Crippen LogP) is 5.24. The van der Waals surface area contributed by atoms with Gasteiger partial charge in [-0.05, 0) is 43.3 Å². The van der Waals surface area contributed by atoms with Crippen molar-refractivity contribution in [1.29, 1.82) is 0 Å². The van der Waals surface area contributed by atoms with Crippen molar-refractivity contribution in [2.45, 2.75) is 39.3 Å². The summed E-state index contributed by atoms with van der Waals surface area (Å²) in [5, 5.41) is 0.806. The molecule has 2 N–H and O–H groups in total. The van der Waals surface area contributed by atoms with E-state index in [2.05, 4.69) is 24.6 Å². The average molecular weight is 476 g/mol. The normalized spacial score (nSPS) is 11.6. The lowest BCUT2D eigenvalue weighted by molar-refractivity contribution is 0.0881. The van der Waals surface area contributed by atoms with Crippen LogP contribution in [0.2, 0.25) is 25.7 Å². The number of nitrogens with zero attached hydrogens (tertiary/aromatic N) is 4. The molecule has 1 aromatic carbocycles. The van der Waals surface area contributed by atoms with Gasteiger partial charge in [0.2, 0.25) is 0 Å². The van der Waals surface area contributed by atoms with Gasteiger partial charge < -0.3 is 19.8 Å². The minimum absolute atomic E-state index is 0.291. The maximum atomic E-state index is 11.1. The molecule has 1 amide bonds. The Kier molecular flexibility index (Phi) is 6.76. The lowest BCUT2D eigenvalue weighted by Gasteiger charge is -2.16. The van der Waals surface area contributed by atoms with Crippen molar-refractivity contribution in [3.63, 3.8) is 0 Å². The monoisotopic (exact) mass is 475 g/mol. The van der Waals surface area contributed by atoms with Gasteiger partial charge >= 0.3 is 6.09 Å². The summed E-state index contributed by atoms with van der Waals surface area (Å²) in [7, 11) is -1.18. The van der Waals surface area contributed by atoms with Crippen LogP contribution in [0, 0.1) is 6.92 Å². The van der Waals surface area contributed by atoms with Gasteiger partial charge in [0, 0.05) is 31.3 Å². The van der Waals surface area contributed by atoms with E-state index < -0.39 is 14.2 Å². The molecule has 0 fully saturated rings. The highest BCUT2D eigenvalue weighted by Gasteiger charge is 2.18. The summed E-state index contributed by atoms with van der Waals surface area (Å²) < 4.78 is 13.0. The molecule has 0 saturated carbocycles. The van der Waals surface area contributed by atoms with Crippen LogP contribution in [0.4, 0.5) is 4.79 Å². The third-order valence-electron chi connectivity index (χ3n) is 5.34. The van der Waals surface area contributed by atoms with E-state index in [-0.39, 0.29) is 0 Å². The summed E-state index contributed by atoms with van der Waals surface area (Å²) in [4.78, 5) is 24.9. The van der Waals surface area contributed by atoms with Crippen molar-refractivity contribution in [1.82, 2.24) is 19.5 Å². The number of fused-ring (bicyclic) bond motifs is 1. The van der Waals surface area contributed by atoms with Gasteiger partial charge in [-0.1, -0.05) is 31.8 Å².